The van der Waals surface area contributed by atoms with Crippen LogP contribution in [0.4, 0.5) is 4.79 Å². The third kappa shape index (κ3) is 2.23. The number of carbonyl (C=O) groups excluding carboxylic acids is 1. The largest absolute Gasteiger partial charge is 0.385 e. The minimum absolute atomic E-state index is 0.195. The highest BCUT2D eigenvalue weighted by Crippen LogP contribution is 2.38. The van der Waals surface area contributed by atoms with Gasteiger partial charge in [0, 0.05) is 13.7 Å². The van der Waals surface area contributed by atoms with Crippen molar-refractivity contribution in [3.05, 3.63) is 0 Å². The highest BCUT2D eigenvalue weighted by molar-refractivity contribution is 6.05. The van der Waals surface area contributed by atoms with E-state index >= 15 is 0 Å². The van der Waals surface area contributed by atoms with Crippen LogP contribution in [-0.4, -0.2) is 42.6 Å². The van der Waals surface area contributed by atoms with Gasteiger partial charge in [0.25, 0.3) is 0 Å². The summed E-state index contributed by atoms with van der Waals surface area (Å²) in [7, 11) is 1.65. The first-order valence-electron chi connectivity index (χ1n) is 6.75. The summed E-state index contributed by atoms with van der Waals surface area (Å²) in [6.45, 7) is 3.38. The van der Waals surface area contributed by atoms with Gasteiger partial charge >= 0.3 is 6.03 Å². The molecule has 5 heteroatoms. The minimum Gasteiger partial charge on any atom is -0.385 e. The summed E-state index contributed by atoms with van der Waals surface area (Å²) in [4.78, 5) is 17.8. The number of rotatable bonds is 3. The predicted octanol–water partition coefficient (Wildman–Crippen LogP) is 1.76. The number of carbonyl (C=O) groups is 1. The van der Waals surface area contributed by atoms with Gasteiger partial charge in [0.15, 0.2) is 0 Å². The fourth-order valence-corrected chi connectivity index (χ4v) is 3.10. The van der Waals surface area contributed by atoms with Crippen LogP contribution in [0.2, 0.25) is 0 Å². The molecule has 0 aromatic rings. The molecule has 18 heavy (non-hydrogen) atoms. The summed E-state index contributed by atoms with van der Waals surface area (Å²) in [6, 6.07) is -0.195. The molecule has 1 saturated carbocycles. The molecule has 2 amide bonds. The molecule has 2 atom stereocenters. The Bertz CT molecular complexity index is 356. The lowest BCUT2D eigenvalue weighted by Crippen LogP contribution is -2.54. The zero-order valence-electron chi connectivity index (χ0n) is 11.3. The Labute approximate surface area is 108 Å². The number of hydrogen-bond acceptors (Lipinski definition) is 3. The first-order chi connectivity index (χ1) is 8.60. The average Bonchev–Trinajstić information content (AvgIpc) is 2.49. The second-order valence-electron chi connectivity index (χ2n) is 5.49. The van der Waals surface area contributed by atoms with Crippen molar-refractivity contribution in [1.82, 2.24) is 4.90 Å². The van der Waals surface area contributed by atoms with E-state index in [1.807, 2.05) is 4.90 Å². The van der Waals surface area contributed by atoms with Crippen molar-refractivity contribution in [2.24, 2.45) is 16.6 Å². The molecular formula is C13H23N3O2. The van der Waals surface area contributed by atoms with Crippen LogP contribution < -0.4 is 5.73 Å². The van der Waals surface area contributed by atoms with Crippen LogP contribution in [0.3, 0.4) is 0 Å². The number of urea groups is 1. The molecule has 0 bridgehead atoms. The highest BCUT2D eigenvalue weighted by Gasteiger charge is 2.48. The maximum atomic E-state index is 12.0. The molecule has 1 aliphatic carbocycles. The van der Waals surface area contributed by atoms with Gasteiger partial charge in [-0.2, -0.15) is 4.99 Å². The fraction of sp³-hybridized carbons (Fsp3) is 0.846. The summed E-state index contributed by atoms with van der Waals surface area (Å²) in [5.41, 5.74) is 5.73. The van der Waals surface area contributed by atoms with Crippen LogP contribution in [-0.2, 0) is 4.74 Å². The number of methoxy groups -OCH3 is 1. The van der Waals surface area contributed by atoms with Crippen LogP contribution in [0.25, 0.3) is 0 Å². The van der Waals surface area contributed by atoms with Crippen LogP contribution in [0.1, 0.15) is 39.0 Å². The zero-order valence-corrected chi connectivity index (χ0v) is 11.3. The third-order valence-corrected chi connectivity index (χ3v) is 4.30. The number of hydrogen-bond donors (Lipinski definition) is 1. The maximum Gasteiger partial charge on any atom is 0.346 e. The smallest absolute Gasteiger partial charge is 0.346 e. The lowest BCUT2D eigenvalue weighted by atomic mass is 9.87. The van der Waals surface area contributed by atoms with Crippen molar-refractivity contribution in [2.45, 2.75) is 44.6 Å². The molecular weight excluding hydrogens is 230 g/mol. The molecule has 0 aromatic carbocycles. The Morgan fingerprint density at radius 1 is 1.50 bits per heavy atom. The van der Waals surface area contributed by atoms with Crippen molar-refractivity contribution in [3.63, 3.8) is 0 Å². The van der Waals surface area contributed by atoms with Gasteiger partial charge in [0.2, 0.25) is 0 Å². The first kappa shape index (κ1) is 13.3. The summed E-state index contributed by atoms with van der Waals surface area (Å²) in [5.74, 6) is 1.22. The van der Waals surface area contributed by atoms with E-state index in [4.69, 9.17) is 10.5 Å². The lowest BCUT2D eigenvalue weighted by molar-refractivity contribution is 0.115. The number of aliphatic imine (C=N–C) groups is 1. The molecule has 0 aromatic heterocycles. The molecule has 2 rings (SSSR count). The summed E-state index contributed by atoms with van der Waals surface area (Å²) in [6.07, 6.45) is 5.28. The third-order valence-electron chi connectivity index (χ3n) is 4.30. The summed E-state index contributed by atoms with van der Waals surface area (Å²) >= 11 is 0. The number of amidine groups is 1. The molecule has 2 aliphatic rings. The van der Waals surface area contributed by atoms with E-state index in [9.17, 15) is 4.79 Å². The van der Waals surface area contributed by atoms with E-state index in [1.54, 1.807) is 7.11 Å². The normalized spacial score (nSPS) is 32.8. The van der Waals surface area contributed by atoms with E-state index in [2.05, 4.69) is 11.9 Å². The maximum absolute atomic E-state index is 12.0. The molecule has 1 fully saturated rings. The summed E-state index contributed by atoms with van der Waals surface area (Å²) in [5, 5.41) is 0. The summed E-state index contributed by atoms with van der Waals surface area (Å²) < 4.78 is 5.09. The van der Waals surface area contributed by atoms with Crippen molar-refractivity contribution < 1.29 is 9.53 Å². The van der Waals surface area contributed by atoms with Crippen LogP contribution in [0, 0.1) is 5.92 Å². The number of nitrogens with two attached hydrogens (primary N) is 1. The molecule has 1 spiro atoms. The average molecular weight is 253 g/mol. The molecule has 0 saturated heterocycles. The SMILES string of the molecule is COCCN1C(=O)N=C(N)C12CCCC(C)CC2. The van der Waals surface area contributed by atoms with Crippen molar-refractivity contribution >= 4 is 11.9 Å². The Balaban J connectivity index is 2.20. The highest BCUT2D eigenvalue weighted by atomic mass is 16.5. The van der Waals surface area contributed by atoms with Gasteiger partial charge in [-0.25, -0.2) is 4.79 Å². The van der Waals surface area contributed by atoms with Crippen LogP contribution in [0.5, 0.6) is 0 Å². The first-order valence-corrected chi connectivity index (χ1v) is 6.75. The van der Waals surface area contributed by atoms with Gasteiger partial charge in [-0.15, -0.1) is 0 Å². The topological polar surface area (TPSA) is 67.9 Å². The Morgan fingerprint density at radius 3 is 3.00 bits per heavy atom. The predicted molar refractivity (Wildman–Crippen MR) is 70.6 cm³/mol. The number of amides is 2. The molecule has 5 nitrogen and oxygen atoms in total. The van der Waals surface area contributed by atoms with Crippen LogP contribution >= 0.6 is 0 Å². The molecule has 0 radical (unpaired) electrons. The Morgan fingerprint density at radius 2 is 2.28 bits per heavy atom. The monoisotopic (exact) mass is 253 g/mol. The van der Waals surface area contributed by atoms with Crippen molar-refractivity contribution in [1.29, 1.82) is 0 Å². The van der Waals surface area contributed by atoms with Crippen molar-refractivity contribution in [2.75, 3.05) is 20.3 Å². The van der Waals surface area contributed by atoms with Gasteiger partial charge in [-0.1, -0.05) is 19.8 Å². The van der Waals surface area contributed by atoms with Gasteiger partial charge in [-0.05, 0) is 25.2 Å². The second kappa shape index (κ2) is 5.26. The molecule has 102 valence electrons. The zero-order chi connectivity index (χ0) is 13.2. The molecule has 2 unspecified atom stereocenters. The van der Waals surface area contributed by atoms with Crippen molar-refractivity contribution in [3.8, 4) is 0 Å². The van der Waals surface area contributed by atoms with E-state index in [0.717, 1.165) is 25.7 Å². The quantitative estimate of drug-likeness (QED) is 0.833. The molecule has 2 N–H and O–H groups in total. The van der Waals surface area contributed by atoms with Gasteiger partial charge in [0.1, 0.15) is 11.4 Å². The van der Waals surface area contributed by atoms with E-state index in [1.165, 1.54) is 6.42 Å². The minimum atomic E-state index is -0.333. The van der Waals surface area contributed by atoms with Crippen LogP contribution in [0.15, 0.2) is 4.99 Å². The standard InChI is InChI=1S/C13H23N3O2/c1-10-4-3-6-13(7-5-10)11(14)15-12(17)16(13)8-9-18-2/h10H,3-9H2,1-2H3,(H2,14,15,17). The number of ether oxygens (including phenoxy) is 1. The Hall–Kier alpha value is -1.10. The van der Waals surface area contributed by atoms with Gasteiger partial charge in [0.05, 0.1) is 6.61 Å². The second-order valence-corrected chi connectivity index (χ2v) is 5.49. The van der Waals surface area contributed by atoms with E-state index in [-0.39, 0.29) is 11.6 Å². The Kier molecular flexibility index (Phi) is 3.90. The molecule has 1 aliphatic heterocycles. The van der Waals surface area contributed by atoms with Gasteiger partial charge < -0.3 is 15.4 Å². The van der Waals surface area contributed by atoms with Gasteiger partial charge in [-0.3, -0.25) is 0 Å². The van der Waals surface area contributed by atoms with E-state index in [0.29, 0.717) is 24.9 Å². The number of nitrogens with zero attached hydrogens (tertiary/aromatic N) is 2. The lowest BCUT2D eigenvalue weighted by Gasteiger charge is -2.37. The molecule has 1 heterocycles. The fourth-order valence-electron chi connectivity index (χ4n) is 3.10. The van der Waals surface area contributed by atoms with E-state index < -0.39 is 0 Å².